The predicted octanol–water partition coefficient (Wildman–Crippen LogP) is -0.417. The number of ether oxygens (including phenoxy) is 2. The van der Waals surface area contributed by atoms with Gasteiger partial charge in [-0.05, 0) is 0 Å². The molecule has 0 saturated carbocycles. The fourth-order valence-corrected chi connectivity index (χ4v) is 1.35. The summed E-state index contributed by atoms with van der Waals surface area (Å²) in [6, 6.07) is 0. The largest absolute Gasteiger partial charge is 0.481 e. The number of carbonyl (C=O) groups excluding carboxylic acids is 1. The third-order valence-corrected chi connectivity index (χ3v) is 2.40. The van der Waals surface area contributed by atoms with Crippen molar-refractivity contribution in [2.75, 3.05) is 45.0 Å². The minimum Gasteiger partial charge on any atom is -0.481 e. The lowest BCUT2D eigenvalue weighted by Crippen LogP contribution is -2.30. The molecule has 7 heteroatoms. The summed E-state index contributed by atoms with van der Waals surface area (Å²) in [5.74, 6) is -0.415. The molecule has 0 radical (unpaired) electrons. The molecule has 0 fully saturated rings. The number of methoxy groups -OCH3 is 1. The lowest BCUT2D eigenvalue weighted by atomic mass is 10.6. The molecule has 6 nitrogen and oxygen atoms in total. The zero-order chi connectivity index (χ0) is 12.2. The van der Waals surface area contributed by atoms with Crippen molar-refractivity contribution in [2.45, 2.75) is 0 Å². The molecule has 0 aliphatic carbocycles. The van der Waals surface area contributed by atoms with Crippen molar-refractivity contribution < 1.29 is 24.2 Å². The van der Waals surface area contributed by atoms with Gasteiger partial charge in [-0.3, -0.25) is 9.59 Å². The Kier molecular flexibility index (Phi) is 10.2. The fourth-order valence-electron chi connectivity index (χ4n) is 0.780. The monoisotopic (exact) mass is 251 g/mol. The topological polar surface area (TPSA) is 84.9 Å². The van der Waals surface area contributed by atoms with Gasteiger partial charge in [0.2, 0.25) is 5.91 Å². The maximum atomic E-state index is 11.1. The molecular formula is C9H17NO5S. The molecule has 0 saturated heterocycles. The van der Waals surface area contributed by atoms with E-state index < -0.39 is 5.97 Å². The summed E-state index contributed by atoms with van der Waals surface area (Å²) in [6.07, 6.45) is 0. The first kappa shape index (κ1) is 15.2. The van der Waals surface area contributed by atoms with Gasteiger partial charge < -0.3 is 19.9 Å². The minimum absolute atomic E-state index is 0.00690. The molecule has 0 bridgehead atoms. The van der Waals surface area contributed by atoms with Crippen LogP contribution in [-0.2, 0) is 19.1 Å². The van der Waals surface area contributed by atoms with Crippen LogP contribution in [0.2, 0.25) is 0 Å². The summed E-state index contributed by atoms with van der Waals surface area (Å²) < 4.78 is 9.74. The number of nitrogens with one attached hydrogen (secondary N) is 1. The average Bonchev–Trinajstić information content (AvgIpc) is 2.23. The number of carboxylic acid groups (broad SMARTS) is 1. The van der Waals surface area contributed by atoms with Crippen molar-refractivity contribution in [3.63, 3.8) is 0 Å². The highest BCUT2D eigenvalue weighted by atomic mass is 32.2. The molecule has 0 spiro atoms. The number of hydrogen-bond acceptors (Lipinski definition) is 5. The average molecular weight is 251 g/mol. The smallest absolute Gasteiger partial charge is 0.313 e. The Labute approximate surface area is 98.7 Å². The lowest BCUT2D eigenvalue weighted by molar-refractivity contribution is -0.134. The summed E-state index contributed by atoms with van der Waals surface area (Å²) in [5.41, 5.74) is 0. The van der Waals surface area contributed by atoms with E-state index in [1.807, 2.05) is 0 Å². The van der Waals surface area contributed by atoms with Crippen LogP contribution >= 0.6 is 11.8 Å². The van der Waals surface area contributed by atoms with Crippen LogP contribution in [0.1, 0.15) is 0 Å². The van der Waals surface area contributed by atoms with Crippen LogP contribution in [0.15, 0.2) is 0 Å². The van der Waals surface area contributed by atoms with Gasteiger partial charge >= 0.3 is 5.97 Å². The lowest BCUT2D eigenvalue weighted by Gasteiger charge is -2.05. The van der Waals surface area contributed by atoms with Crippen molar-refractivity contribution in [3.05, 3.63) is 0 Å². The van der Waals surface area contributed by atoms with Crippen molar-refractivity contribution in [3.8, 4) is 0 Å². The van der Waals surface area contributed by atoms with Crippen molar-refractivity contribution in [1.29, 1.82) is 0 Å². The van der Waals surface area contributed by atoms with E-state index in [0.29, 0.717) is 25.5 Å². The van der Waals surface area contributed by atoms with E-state index >= 15 is 0 Å². The summed E-state index contributed by atoms with van der Waals surface area (Å²) in [4.78, 5) is 21.3. The van der Waals surface area contributed by atoms with Crippen LogP contribution in [-0.4, -0.2) is 62.0 Å². The molecule has 2 N–H and O–H groups in total. The SMILES string of the molecule is COCCOCC(=O)NCCSCC(=O)O. The van der Waals surface area contributed by atoms with Gasteiger partial charge in [0, 0.05) is 19.4 Å². The van der Waals surface area contributed by atoms with Crippen LogP contribution < -0.4 is 5.32 Å². The molecule has 0 aromatic carbocycles. The highest BCUT2D eigenvalue weighted by Crippen LogP contribution is 1.96. The third-order valence-electron chi connectivity index (χ3n) is 1.46. The van der Waals surface area contributed by atoms with Crippen LogP contribution in [0, 0.1) is 0 Å². The van der Waals surface area contributed by atoms with Crippen molar-refractivity contribution in [2.24, 2.45) is 0 Å². The molecule has 0 rings (SSSR count). The van der Waals surface area contributed by atoms with Gasteiger partial charge in [-0.1, -0.05) is 0 Å². The van der Waals surface area contributed by atoms with Gasteiger partial charge in [0.1, 0.15) is 6.61 Å². The molecule has 0 unspecified atom stereocenters. The number of aliphatic carboxylic acids is 1. The molecule has 0 aromatic rings. The summed E-state index contributed by atoms with van der Waals surface area (Å²) in [6.45, 7) is 1.30. The standard InChI is InChI=1S/C9H17NO5S/c1-14-3-4-15-6-8(11)10-2-5-16-7-9(12)13/h2-7H2,1H3,(H,10,11)(H,12,13). The Morgan fingerprint density at radius 1 is 1.38 bits per heavy atom. The highest BCUT2D eigenvalue weighted by Gasteiger charge is 2.01. The van der Waals surface area contributed by atoms with E-state index in [9.17, 15) is 9.59 Å². The molecule has 16 heavy (non-hydrogen) atoms. The normalized spacial score (nSPS) is 10.1. The molecule has 0 heterocycles. The molecule has 0 aliphatic rings. The van der Waals surface area contributed by atoms with Crippen LogP contribution in [0.25, 0.3) is 0 Å². The van der Waals surface area contributed by atoms with Gasteiger partial charge in [-0.25, -0.2) is 0 Å². The van der Waals surface area contributed by atoms with Crippen LogP contribution in [0.5, 0.6) is 0 Å². The van der Waals surface area contributed by atoms with Crippen molar-refractivity contribution >= 4 is 23.6 Å². The van der Waals surface area contributed by atoms with E-state index in [1.165, 1.54) is 11.8 Å². The highest BCUT2D eigenvalue weighted by molar-refractivity contribution is 7.99. The number of rotatable bonds is 10. The van der Waals surface area contributed by atoms with E-state index in [0.717, 1.165) is 0 Å². The number of carboxylic acids is 1. The molecule has 0 aromatic heterocycles. The van der Waals surface area contributed by atoms with Gasteiger partial charge in [-0.15, -0.1) is 11.8 Å². The van der Waals surface area contributed by atoms with Gasteiger partial charge in [0.25, 0.3) is 0 Å². The Bertz CT molecular complexity index is 212. The van der Waals surface area contributed by atoms with Crippen molar-refractivity contribution in [1.82, 2.24) is 5.32 Å². The predicted molar refractivity (Wildman–Crippen MR) is 60.7 cm³/mol. The maximum absolute atomic E-state index is 11.1. The number of thioether (sulfide) groups is 1. The Balaban J connectivity index is 3.20. The molecule has 1 amide bonds. The molecule has 0 aliphatic heterocycles. The quantitative estimate of drug-likeness (QED) is 0.513. The molecule has 94 valence electrons. The Morgan fingerprint density at radius 3 is 2.75 bits per heavy atom. The summed E-state index contributed by atoms with van der Waals surface area (Å²) in [7, 11) is 1.56. The first-order chi connectivity index (χ1) is 7.66. The third kappa shape index (κ3) is 11.3. The minimum atomic E-state index is -0.848. The first-order valence-corrected chi connectivity index (χ1v) is 5.95. The van der Waals surface area contributed by atoms with E-state index in [4.69, 9.17) is 14.6 Å². The van der Waals surface area contributed by atoms with Gasteiger partial charge in [-0.2, -0.15) is 0 Å². The van der Waals surface area contributed by atoms with Gasteiger partial charge in [0.05, 0.1) is 19.0 Å². The first-order valence-electron chi connectivity index (χ1n) is 4.79. The zero-order valence-corrected chi connectivity index (χ0v) is 10.0. The second kappa shape index (κ2) is 10.7. The maximum Gasteiger partial charge on any atom is 0.313 e. The summed E-state index contributed by atoms with van der Waals surface area (Å²) >= 11 is 1.26. The number of hydrogen-bond donors (Lipinski definition) is 2. The second-order valence-corrected chi connectivity index (χ2v) is 3.95. The molecular weight excluding hydrogens is 234 g/mol. The number of amides is 1. The molecule has 0 atom stereocenters. The number of carbonyl (C=O) groups is 2. The Hall–Kier alpha value is -0.790. The van der Waals surface area contributed by atoms with Crippen LogP contribution in [0.4, 0.5) is 0 Å². The van der Waals surface area contributed by atoms with E-state index in [-0.39, 0.29) is 18.3 Å². The van der Waals surface area contributed by atoms with Gasteiger partial charge in [0.15, 0.2) is 0 Å². The Morgan fingerprint density at radius 2 is 2.12 bits per heavy atom. The second-order valence-electron chi connectivity index (χ2n) is 2.84. The van der Waals surface area contributed by atoms with E-state index in [1.54, 1.807) is 7.11 Å². The summed E-state index contributed by atoms with van der Waals surface area (Å²) in [5, 5.41) is 11.0. The van der Waals surface area contributed by atoms with Crippen LogP contribution in [0.3, 0.4) is 0 Å². The van der Waals surface area contributed by atoms with E-state index in [2.05, 4.69) is 5.32 Å². The zero-order valence-electron chi connectivity index (χ0n) is 9.23. The fraction of sp³-hybridized carbons (Fsp3) is 0.778.